The van der Waals surface area contributed by atoms with E-state index >= 15 is 0 Å². The number of aromatic hydroxyl groups is 1. The van der Waals surface area contributed by atoms with E-state index in [4.69, 9.17) is 11.6 Å². The average Bonchev–Trinajstić information content (AvgIpc) is 3.25. The maximum absolute atomic E-state index is 12.1. The molecule has 3 heterocycles. The van der Waals surface area contributed by atoms with Crippen molar-refractivity contribution in [1.29, 1.82) is 0 Å². The number of aromatic nitrogens is 1. The first-order chi connectivity index (χ1) is 16.0. The molecule has 2 aliphatic heterocycles. The summed E-state index contributed by atoms with van der Waals surface area (Å²) in [7, 11) is 0. The molecular weight excluding hydrogens is 436 g/mol. The summed E-state index contributed by atoms with van der Waals surface area (Å²) < 4.78 is 0. The smallest absolute Gasteiger partial charge is 0.227 e. The van der Waals surface area contributed by atoms with E-state index in [1.165, 1.54) is 0 Å². The molecule has 1 saturated heterocycles. The standard InChI is InChI=1S/C26H25ClN4O2/c1-17-16-30(11-9-29-17)20-12-19(14-28-15-20)22-5-2-4-21(26(22)33)18-7-8-24(23(27)13-18)31-10-3-6-25(31)32/h2,4-5,7-8,12-16,29,33H,3,6,9-11H2,1H3. The first-order valence-corrected chi connectivity index (χ1v) is 11.5. The fourth-order valence-electron chi connectivity index (χ4n) is 4.46. The number of amides is 1. The van der Waals surface area contributed by atoms with Crippen molar-refractivity contribution in [3.05, 3.63) is 71.8 Å². The molecule has 0 spiro atoms. The van der Waals surface area contributed by atoms with Gasteiger partial charge in [0.25, 0.3) is 0 Å². The molecule has 7 heteroatoms. The quantitative estimate of drug-likeness (QED) is 0.562. The van der Waals surface area contributed by atoms with Crippen LogP contribution in [0.15, 0.2) is 66.8 Å². The monoisotopic (exact) mass is 460 g/mol. The number of nitrogens with zero attached hydrogens (tertiary/aromatic N) is 3. The molecule has 0 atom stereocenters. The minimum absolute atomic E-state index is 0.0939. The molecule has 3 aromatic rings. The number of rotatable bonds is 4. The van der Waals surface area contributed by atoms with E-state index in [2.05, 4.69) is 21.4 Å². The summed E-state index contributed by atoms with van der Waals surface area (Å²) in [6.07, 6.45) is 7.05. The Morgan fingerprint density at radius 2 is 1.88 bits per heavy atom. The van der Waals surface area contributed by atoms with Crippen LogP contribution < -0.4 is 15.1 Å². The topological polar surface area (TPSA) is 68.7 Å². The van der Waals surface area contributed by atoms with E-state index < -0.39 is 0 Å². The lowest BCUT2D eigenvalue weighted by atomic mass is 9.97. The Balaban J connectivity index is 1.49. The molecule has 0 unspecified atom stereocenters. The van der Waals surface area contributed by atoms with Crippen molar-refractivity contribution in [2.75, 3.05) is 29.4 Å². The van der Waals surface area contributed by atoms with E-state index in [1.54, 1.807) is 11.1 Å². The molecule has 1 amide bonds. The Kier molecular flexibility index (Phi) is 5.68. The Morgan fingerprint density at radius 3 is 2.61 bits per heavy atom. The third-order valence-electron chi connectivity index (χ3n) is 6.13. The highest BCUT2D eigenvalue weighted by Crippen LogP contribution is 2.41. The van der Waals surface area contributed by atoms with Gasteiger partial charge in [0.15, 0.2) is 0 Å². The summed E-state index contributed by atoms with van der Waals surface area (Å²) in [6, 6.07) is 13.3. The zero-order valence-electron chi connectivity index (χ0n) is 18.4. The Labute approximate surface area is 198 Å². The third-order valence-corrected chi connectivity index (χ3v) is 6.43. The van der Waals surface area contributed by atoms with Crippen LogP contribution in [0.25, 0.3) is 22.3 Å². The van der Waals surface area contributed by atoms with Gasteiger partial charge in [-0.3, -0.25) is 9.78 Å². The van der Waals surface area contributed by atoms with E-state index in [9.17, 15) is 9.90 Å². The molecule has 33 heavy (non-hydrogen) atoms. The second-order valence-corrected chi connectivity index (χ2v) is 8.79. The highest BCUT2D eigenvalue weighted by molar-refractivity contribution is 6.34. The number of allylic oxidation sites excluding steroid dienone is 1. The maximum Gasteiger partial charge on any atom is 0.227 e. The number of halogens is 1. The molecule has 5 rings (SSSR count). The van der Waals surface area contributed by atoms with Crippen LogP contribution in [0, 0.1) is 0 Å². The third kappa shape index (κ3) is 4.14. The molecule has 2 N–H and O–H groups in total. The van der Waals surface area contributed by atoms with Gasteiger partial charge in [0.1, 0.15) is 5.75 Å². The van der Waals surface area contributed by atoms with Gasteiger partial charge in [-0.25, -0.2) is 0 Å². The fourth-order valence-corrected chi connectivity index (χ4v) is 4.74. The van der Waals surface area contributed by atoms with Crippen molar-refractivity contribution in [2.24, 2.45) is 0 Å². The first-order valence-electron chi connectivity index (χ1n) is 11.1. The van der Waals surface area contributed by atoms with Crippen molar-refractivity contribution in [2.45, 2.75) is 19.8 Å². The molecule has 2 aliphatic rings. The minimum Gasteiger partial charge on any atom is -0.507 e. The van der Waals surface area contributed by atoms with Gasteiger partial charge in [-0.15, -0.1) is 0 Å². The summed E-state index contributed by atoms with van der Waals surface area (Å²) in [4.78, 5) is 20.4. The lowest BCUT2D eigenvalue weighted by Crippen LogP contribution is -2.33. The number of para-hydroxylation sites is 1. The highest BCUT2D eigenvalue weighted by atomic mass is 35.5. The minimum atomic E-state index is 0.0939. The number of hydrogen-bond acceptors (Lipinski definition) is 5. The maximum atomic E-state index is 12.1. The fraction of sp³-hybridized carbons (Fsp3) is 0.231. The average molecular weight is 461 g/mol. The number of carbonyl (C=O) groups excluding carboxylic acids is 1. The van der Waals surface area contributed by atoms with E-state index in [0.29, 0.717) is 29.1 Å². The number of pyridine rings is 1. The van der Waals surface area contributed by atoms with Crippen molar-refractivity contribution in [3.8, 4) is 28.0 Å². The van der Waals surface area contributed by atoms with Crippen LogP contribution in [-0.4, -0.2) is 35.6 Å². The van der Waals surface area contributed by atoms with Gasteiger partial charge in [0.2, 0.25) is 5.91 Å². The lowest BCUT2D eigenvalue weighted by Gasteiger charge is -2.27. The largest absolute Gasteiger partial charge is 0.507 e. The molecule has 6 nitrogen and oxygen atoms in total. The normalized spacial score (nSPS) is 16.1. The molecule has 0 radical (unpaired) electrons. The number of phenolic OH excluding ortho intramolecular Hbond substituents is 1. The van der Waals surface area contributed by atoms with Gasteiger partial charge < -0.3 is 20.2 Å². The van der Waals surface area contributed by atoms with Crippen LogP contribution in [-0.2, 0) is 4.79 Å². The number of benzene rings is 2. The van der Waals surface area contributed by atoms with Crippen molar-refractivity contribution < 1.29 is 9.90 Å². The lowest BCUT2D eigenvalue weighted by molar-refractivity contribution is -0.117. The van der Waals surface area contributed by atoms with Gasteiger partial charge in [0.05, 0.1) is 22.6 Å². The van der Waals surface area contributed by atoms with E-state index in [1.807, 2.05) is 55.6 Å². The second kappa shape index (κ2) is 8.79. The van der Waals surface area contributed by atoms with Crippen LogP contribution in [0.5, 0.6) is 5.75 Å². The van der Waals surface area contributed by atoms with E-state index in [-0.39, 0.29) is 11.7 Å². The molecule has 168 valence electrons. The predicted octanol–water partition coefficient (Wildman–Crippen LogP) is 5.17. The van der Waals surface area contributed by atoms with Crippen LogP contribution in [0.2, 0.25) is 5.02 Å². The number of anilines is 2. The molecular formula is C26H25ClN4O2. The second-order valence-electron chi connectivity index (χ2n) is 8.38. The van der Waals surface area contributed by atoms with Crippen molar-refractivity contribution >= 4 is 28.9 Å². The van der Waals surface area contributed by atoms with Gasteiger partial charge in [-0.1, -0.05) is 35.9 Å². The van der Waals surface area contributed by atoms with E-state index in [0.717, 1.165) is 47.7 Å². The number of carbonyl (C=O) groups is 1. The summed E-state index contributed by atoms with van der Waals surface area (Å²) in [5.41, 5.74) is 5.80. The summed E-state index contributed by atoms with van der Waals surface area (Å²) >= 11 is 6.55. The Bertz CT molecular complexity index is 1260. The van der Waals surface area contributed by atoms with Crippen molar-refractivity contribution in [3.63, 3.8) is 0 Å². The van der Waals surface area contributed by atoms with Gasteiger partial charge in [-0.05, 0) is 37.1 Å². The summed E-state index contributed by atoms with van der Waals surface area (Å²) in [5.74, 6) is 0.265. The van der Waals surface area contributed by atoms with Gasteiger partial charge in [0, 0.05) is 60.8 Å². The summed E-state index contributed by atoms with van der Waals surface area (Å²) in [6.45, 7) is 4.44. The first kappa shape index (κ1) is 21.3. The predicted molar refractivity (Wildman–Crippen MR) is 132 cm³/mol. The SMILES string of the molecule is CC1=CN(c2cncc(-c3cccc(-c4ccc(N5CCCC5=O)c(Cl)c4)c3O)c2)CCN1. The Morgan fingerprint density at radius 1 is 1.06 bits per heavy atom. The van der Waals surface area contributed by atoms with Crippen LogP contribution in [0.1, 0.15) is 19.8 Å². The molecule has 1 fully saturated rings. The zero-order chi connectivity index (χ0) is 22.9. The highest BCUT2D eigenvalue weighted by Gasteiger charge is 2.24. The summed E-state index contributed by atoms with van der Waals surface area (Å²) in [5, 5.41) is 15.0. The van der Waals surface area contributed by atoms with Crippen molar-refractivity contribution in [1.82, 2.24) is 10.3 Å². The molecule has 0 bridgehead atoms. The van der Waals surface area contributed by atoms with Crippen LogP contribution in [0.3, 0.4) is 0 Å². The number of phenols is 1. The molecule has 0 aliphatic carbocycles. The zero-order valence-corrected chi connectivity index (χ0v) is 19.1. The number of hydrogen-bond donors (Lipinski definition) is 2. The Hall–Kier alpha value is -3.51. The van der Waals surface area contributed by atoms with Gasteiger partial charge in [-0.2, -0.15) is 0 Å². The molecule has 0 saturated carbocycles. The van der Waals surface area contributed by atoms with Crippen LogP contribution in [0.4, 0.5) is 11.4 Å². The van der Waals surface area contributed by atoms with Gasteiger partial charge >= 0.3 is 0 Å². The van der Waals surface area contributed by atoms with Crippen LogP contribution >= 0.6 is 11.6 Å². The number of nitrogens with one attached hydrogen (secondary N) is 1. The molecule has 1 aromatic heterocycles. The molecule has 2 aromatic carbocycles.